The van der Waals surface area contributed by atoms with Crippen LogP contribution < -0.4 is 4.74 Å². The molecule has 1 saturated carbocycles. The number of hydrogen-bond donors (Lipinski definition) is 2. The summed E-state index contributed by atoms with van der Waals surface area (Å²) in [6.45, 7) is 9.14. The topological polar surface area (TPSA) is 87.7 Å². The number of rotatable bonds is 9. The van der Waals surface area contributed by atoms with Gasteiger partial charge in [0.15, 0.2) is 0 Å². The van der Waals surface area contributed by atoms with Crippen LogP contribution in [0.1, 0.15) is 25.3 Å². The van der Waals surface area contributed by atoms with Crippen LogP contribution in [0.25, 0.3) is 33.1 Å². The summed E-state index contributed by atoms with van der Waals surface area (Å²) >= 11 is 6.27. The third-order valence-corrected chi connectivity index (χ3v) is 6.46. The Hall–Kier alpha value is -2.97. The molecule has 1 fully saturated rings. The standard InChI is InChI=1S/C24H26ClN3O2.C4H8O.CH2O/c1-3-28(9-11-29)10-12-30-21-8-7-19(17-6-4-5-16(2)13-17)22-20-14-18(25)15-26-24(20)27-23(21)22;1-5-4-2-3-4;1-2/h4-8,13-15,29H,3,9-12H2,1-2H3,(H,26,27);4H,2-3H2,1H3;1H2. The van der Waals surface area contributed by atoms with Crippen LogP contribution in [0.5, 0.6) is 5.75 Å². The number of fused-ring (bicyclic) bond motifs is 3. The summed E-state index contributed by atoms with van der Waals surface area (Å²) < 4.78 is 11.0. The molecule has 1 aliphatic carbocycles. The van der Waals surface area contributed by atoms with Gasteiger partial charge in [0, 0.05) is 37.2 Å². The summed E-state index contributed by atoms with van der Waals surface area (Å²) in [4.78, 5) is 18.1. The van der Waals surface area contributed by atoms with E-state index in [9.17, 15) is 5.11 Å². The van der Waals surface area contributed by atoms with Gasteiger partial charge in [0.25, 0.3) is 0 Å². The molecule has 0 aliphatic heterocycles. The average molecular weight is 526 g/mol. The number of carbonyl (C=O) groups excluding carboxylic acids is 1. The van der Waals surface area contributed by atoms with Crippen LogP contribution in [0.15, 0.2) is 48.7 Å². The highest BCUT2D eigenvalue weighted by Gasteiger charge is 2.19. The minimum Gasteiger partial charge on any atom is -0.490 e. The molecule has 0 saturated heterocycles. The van der Waals surface area contributed by atoms with Crippen molar-refractivity contribution in [2.75, 3.05) is 40.0 Å². The van der Waals surface area contributed by atoms with Gasteiger partial charge in [-0.25, -0.2) is 4.98 Å². The molecule has 7 nitrogen and oxygen atoms in total. The largest absolute Gasteiger partial charge is 0.490 e. The van der Waals surface area contributed by atoms with E-state index >= 15 is 0 Å². The van der Waals surface area contributed by atoms with Gasteiger partial charge in [0.05, 0.1) is 23.3 Å². The molecular formula is C29H36ClN3O4. The van der Waals surface area contributed by atoms with Gasteiger partial charge in [-0.1, -0.05) is 48.4 Å². The van der Waals surface area contributed by atoms with Gasteiger partial charge in [-0.3, -0.25) is 4.90 Å². The zero-order valence-corrected chi connectivity index (χ0v) is 22.6. The number of nitrogens with zero attached hydrogens (tertiary/aromatic N) is 2. The van der Waals surface area contributed by atoms with Crippen molar-refractivity contribution in [3.63, 3.8) is 0 Å². The van der Waals surface area contributed by atoms with E-state index in [1.165, 1.54) is 18.4 Å². The minimum absolute atomic E-state index is 0.151. The maximum atomic E-state index is 9.18. The molecule has 0 radical (unpaired) electrons. The molecule has 8 heteroatoms. The Labute approximate surface area is 223 Å². The number of aromatic amines is 1. The number of aliphatic hydroxyl groups excluding tert-OH is 1. The summed E-state index contributed by atoms with van der Waals surface area (Å²) in [6.07, 6.45) is 4.86. The van der Waals surface area contributed by atoms with Gasteiger partial charge in [-0.05, 0) is 55.6 Å². The lowest BCUT2D eigenvalue weighted by molar-refractivity contribution is -0.0980. The maximum Gasteiger partial charge on any atom is 0.143 e. The number of methoxy groups -OCH3 is 1. The second-order valence-corrected chi connectivity index (χ2v) is 9.28. The molecule has 2 N–H and O–H groups in total. The number of aromatic nitrogens is 2. The first-order valence-corrected chi connectivity index (χ1v) is 12.9. The fourth-order valence-electron chi connectivity index (χ4n) is 4.17. The minimum atomic E-state index is 0.151. The third kappa shape index (κ3) is 7.52. The molecule has 2 heterocycles. The SMILES string of the molecule is C=O.CCN(CCO)CCOc1ccc(-c2cccc(C)c2)c2c1[nH]c1ncc(Cl)cc12.COC1CC1. The van der Waals surface area contributed by atoms with Crippen molar-refractivity contribution in [3.05, 3.63) is 59.2 Å². The lowest BCUT2D eigenvalue weighted by Crippen LogP contribution is -2.30. The first-order chi connectivity index (χ1) is 18.0. The van der Waals surface area contributed by atoms with Crippen molar-refractivity contribution in [1.82, 2.24) is 14.9 Å². The van der Waals surface area contributed by atoms with E-state index in [1.807, 2.05) is 18.9 Å². The van der Waals surface area contributed by atoms with Crippen LogP contribution in [-0.4, -0.2) is 72.8 Å². The first-order valence-electron chi connectivity index (χ1n) is 12.5. The first kappa shape index (κ1) is 28.6. The van der Waals surface area contributed by atoms with Gasteiger partial charge >= 0.3 is 0 Å². The predicted octanol–water partition coefficient (Wildman–Crippen LogP) is 5.65. The number of pyridine rings is 1. The number of aryl methyl sites for hydroxylation is 1. The number of carbonyl (C=O) groups is 1. The Bertz CT molecular complexity index is 1290. The number of halogens is 1. The Morgan fingerprint density at radius 3 is 2.59 bits per heavy atom. The molecule has 2 aromatic heterocycles. The summed E-state index contributed by atoms with van der Waals surface area (Å²) in [7, 11) is 1.76. The van der Waals surface area contributed by atoms with Gasteiger partial charge in [0.1, 0.15) is 24.8 Å². The Morgan fingerprint density at radius 2 is 1.97 bits per heavy atom. The molecule has 198 valence electrons. The van der Waals surface area contributed by atoms with Crippen molar-refractivity contribution in [2.24, 2.45) is 0 Å². The van der Waals surface area contributed by atoms with Gasteiger partial charge in [-0.2, -0.15) is 0 Å². The Balaban J connectivity index is 0.000000478. The van der Waals surface area contributed by atoms with Crippen molar-refractivity contribution in [2.45, 2.75) is 32.8 Å². The van der Waals surface area contributed by atoms with Gasteiger partial charge < -0.3 is 24.4 Å². The van der Waals surface area contributed by atoms with E-state index in [0.717, 1.165) is 51.9 Å². The van der Waals surface area contributed by atoms with E-state index < -0.39 is 0 Å². The van der Waals surface area contributed by atoms with E-state index in [2.05, 4.69) is 59.0 Å². The van der Waals surface area contributed by atoms with E-state index in [1.54, 1.807) is 13.3 Å². The van der Waals surface area contributed by atoms with Crippen molar-refractivity contribution < 1.29 is 19.4 Å². The molecule has 0 unspecified atom stereocenters. The van der Waals surface area contributed by atoms with Crippen LogP contribution in [0.2, 0.25) is 5.02 Å². The lowest BCUT2D eigenvalue weighted by Gasteiger charge is -2.19. The van der Waals surface area contributed by atoms with Crippen LogP contribution in [0.3, 0.4) is 0 Å². The van der Waals surface area contributed by atoms with E-state index in [-0.39, 0.29) is 6.61 Å². The second kappa shape index (κ2) is 14.1. The van der Waals surface area contributed by atoms with Crippen molar-refractivity contribution in [1.29, 1.82) is 0 Å². The van der Waals surface area contributed by atoms with Crippen LogP contribution in [0, 0.1) is 6.92 Å². The van der Waals surface area contributed by atoms with Crippen LogP contribution in [-0.2, 0) is 9.53 Å². The molecule has 4 aromatic rings. The number of ether oxygens (including phenoxy) is 2. The molecular weight excluding hydrogens is 490 g/mol. The molecule has 37 heavy (non-hydrogen) atoms. The molecule has 5 rings (SSSR count). The zero-order valence-electron chi connectivity index (χ0n) is 21.8. The fraction of sp³-hybridized carbons (Fsp3) is 0.379. The highest BCUT2D eigenvalue weighted by molar-refractivity contribution is 6.31. The quantitative estimate of drug-likeness (QED) is 0.294. The average Bonchev–Trinajstić information content (AvgIpc) is 3.69. The fourth-order valence-corrected chi connectivity index (χ4v) is 4.32. The van der Waals surface area contributed by atoms with Crippen LogP contribution >= 0.6 is 11.6 Å². The normalized spacial score (nSPS) is 12.7. The van der Waals surface area contributed by atoms with Crippen molar-refractivity contribution in [3.8, 4) is 16.9 Å². The summed E-state index contributed by atoms with van der Waals surface area (Å²) in [5, 5.41) is 11.8. The zero-order chi connectivity index (χ0) is 26.8. The third-order valence-electron chi connectivity index (χ3n) is 6.25. The number of hydrogen-bond acceptors (Lipinski definition) is 6. The molecule has 0 spiro atoms. The summed E-state index contributed by atoms with van der Waals surface area (Å²) in [6, 6.07) is 14.5. The Morgan fingerprint density at radius 1 is 1.19 bits per heavy atom. The number of likely N-dealkylation sites (N-methyl/N-ethyl adjacent to an activating group) is 1. The number of nitrogens with one attached hydrogen (secondary N) is 1. The molecule has 1 aliphatic rings. The predicted molar refractivity (Wildman–Crippen MR) is 151 cm³/mol. The monoisotopic (exact) mass is 525 g/mol. The summed E-state index contributed by atoms with van der Waals surface area (Å²) in [5.41, 5.74) is 5.18. The van der Waals surface area contributed by atoms with E-state index in [0.29, 0.717) is 24.3 Å². The highest BCUT2D eigenvalue weighted by Crippen LogP contribution is 2.39. The summed E-state index contributed by atoms with van der Waals surface area (Å²) in [5.74, 6) is 0.788. The molecule has 0 bridgehead atoms. The Kier molecular flexibility index (Phi) is 10.9. The molecule has 0 atom stereocenters. The molecule has 2 aromatic carbocycles. The smallest absolute Gasteiger partial charge is 0.143 e. The van der Waals surface area contributed by atoms with Crippen molar-refractivity contribution >= 4 is 40.3 Å². The number of H-pyrrole nitrogens is 1. The second-order valence-electron chi connectivity index (χ2n) is 8.85. The van der Waals surface area contributed by atoms with Gasteiger partial charge in [-0.15, -0.1) is 0 Å². The highest BCUT2D eigenvalue weighted by atomic mass is 35.5. The lowest BCUT2D eigenvalue weighted by atomic mass is 9.98. The number of benzene rings is 2. The van der Waals surface area contributed by atoms with E-state index in [4.69, 9.17) is 25.9 Å². The van der Waals surface area contributed by atoms with Crippen LogP contribution in [0.4, 0.5) is 0 Å². The molecule has 0 amide bonds. The number of aliphatic hydroxyl groups is 1. The van der Waals surface area contributed by atoms with Gasteiger partial charge in [0.2, 0.25) is 0 Å². The maximum absolute atomic E-state index is 9.18.